The highest BCUT2D eigenvalue weighted by Gasteiger charge is 2.34. The van der Waals surface area contributed by atoms with Gasteiger partial charge in [0.2, 0.25) is 0 Å². The van der Waals surface area contributed by atoms with Crippen molar-refractivity contribution in [2.45, 2.75) is 45.8 Å². The van der Waals surface area contributed by atoms with Crippen molar-refractivity contribution in [1.82, 2.24) is 25.6 Å². The van der Waals surface area contributed by atoms with Crippen LogP contribution >= 0.6 is 22.9 Å². The molecular weight excluding hydrogens is 484 g/mol. The second-order valence-electron chi connectivity index (χ2n) is 7.49. The molecule has 0 unspecified atom stereocenters. The number of halogens is 1. The maximum Gasteiger partial charge on any atom is 0.350 e. The number of piperidine rings is 1. The monoisotopic (exact) mass is 512 g/mol. The molecule has 2 amide bonds. The number of nitrogens with zero attached hydrogens (tertiary/aromatic N) is 3. The standard InChI is InChI=1S/C21H29ClN6O5S/c1-5-11-16(22)27-17(24-11)19(30)25-12-8-9-28(10-13(12)32-6-2)21-26-14(18(29)23-4)15(34-21)20(31)33-7-3/h12-13H,5-10H2,1-4H3,(H,23,29)(H,24,27)(H,25,30)/t12-,13+/m0/s1. The van der Waals surface area contributed by atoms with E-state index in [2.05, 4.69) is 25.6 Å². The Bertz CT molecular complexity index is 1040. The maximum atomic E-state index is 12.7. The lowest BCUT2D eigenvalue weighted by atomic mass is 10.0. The number of aryl methyl sites for hydroxylation is 1. The molecule has 2 aromatic rings. The zero-order valence-electron chi connectivity index (χ0n) is 19.6. The second-order valence-corrected chi connectivity index (χ2v) is 8.83. The van der Waals surface area contributed by atoms with Crippen molar-refractivity contribution in [3.05, 3.63) is 27.2 Å². The first-order valence-electron chi connectivity index (χ1n) is 11.1. The molecule has 0 spiro atoms. The molecule has 3 N–H and O–H groups in total. The maximum absolute atomic E-state index is 12.7. The second kappa shape index (κ2) is 11.6. The van der Waals surface area contributed by atoms with E-state index in [1.54, 1.807) is 6.92 Å². The van der Waals surface area contributed by atoms with E-state index in [4.69, 9.17) is 21.1 Å². The number of rotatable bonds is 9. The number of carbonyl (C=O) groups excluding carboxylic acids is 3. The van der Waals surface area contributed by atoms with Crippen LogP contribution < -0.4 is 15.5 Å². The van der Waals surface area contributed by atoms with Gasteiger partial charge in [-0.3, -0.25) is 9.59 Å². The summed E-state index contributed by atoms with van der Waals surface area (Å²) in [6, 6.07) is -0.263. The van der Waals surface area contributed by atoms with Crippen LogP contribution in [0.5, 0.6) is 0 Å². The molecule has 2 aromatic heterocycles. The fraction of sp³-hybridized carbons (Fsp3) is 0.571. The van der Waals surface area contributed by atoms with Gasteiger partial charge in [-0.1, -0.05) is 29.9 Å². The largest absolute Gasteiger partial charge is 0.462 e. The van der Waals surface area contributed by atoms with Gasteiger partial charge in [-0.25, -0.2) is 14.8 Å². The number of thiazole rings is 1. The lowest BCUT2D eigenvalue weighted by Gasteiger charge is -2.38. The Hall–Kier alpha value is -2.70. The lowest BCUT2D eigenvalue weighted by Crippen LogP contribution is -2.55. The van der Waals surface area contributed by atoms with Crippen molar-refractivity contribution in [2.24, 2.45) is 0 Å². The number of ether oxygens (including phenoxy) is 2. The van der Waals surface area contributed by atoms with Gasteiger partial charge in [-0.05, 0) is 26.7 Å². The van der Waals surface area contributed by atoms with Crippen LogP contribution in [-0.4, -0.2) is 78.2 Å². The molecule has 0 bridgehead atoms. The Morgan fingerprint density at radius 3 is 2.59 bits per heavy atom. The van der Waals surface area contributed by atoms with Crippen LogP contribution in [0.1, 0.15) is 63.7 Å². The molecule has 1 saturated heterocycles. The molecular formula is C21H29ClN6O5S. The zero-order chi connectivity index (χ0) is 24.8. The molecule has 0 aromatic carbocycles. The number of hydrogen-bond donors (Lipinski definition) is 3. The minimum atomic E-state index is -0.586. The molecule has 1 fully saturated rings. The molecule has 0 radical (unpaired) electrons. The van der Waals surface area contributed by atoms with Gasteiger partial charge >= 0.3 is 5.97 Å². The van der Waals surface area contributed by atoms with E-state index in [-0.39, 0.29) is 46.2 Å². The topological polar surface area (TPSA) is 139 Å². The fourth-order valence-corrected chi connectivity index (χ4v) is 4.91. The summed E-state index contributed by atoms with van der Waals surface area (Å²) in [4.78, 5) is 51.0. The van der Waals surface area contributed by atoms with Crippen LogP contribution in [0.3, 0.4) is 0 Å². The highest BCUT2D eigenvalue weighted by atomic mass is 35.5. The predicted octanol–water partition coefficient (Wildman–Crippen LogP) is 2.03. The third-order valence-electron chi connectivity index (χ3n) is 5.34. The number of aromatic nitrogens is 3. The summed E-state index contributed by atoms with van der Waals surface area (Å²) in [6.45, 7) is 7.10. The van der Waals surface area contributed by atoms with Crippen molar-refractivity contribution in [3.8, 4) is 0 Å². The van der Waals surface area contributed by atoms with E-state index >= 15 is 0 Å². The van der Waals surface area contributed by atoms with Crippen LogP contribution in [0.2, 0.25) is 5.15 Å². The number of nitrogens with one attached hydrogen (secondary N) is 3. The van der Waals surface area contributed by atoms with Crippen LogP contribution in [0.15, 0.2) is 0 Å². The number of carbonyl (C=O) groups is 3. The summed E-state index contributed by atoms with van der Waals surface area (Å²) >= 11 is 7.17. The Morgan fingerprint density at radius 1 is 1.21 bits per heavy atom. The number of H-pyrrole nitrogens is 1. The first kappa shape index (κ1) is 25.9. The molecule has 3 heterocycles. The number of amides is 2. The Morgan fingerprint density at radius 2 is 1.97 bits per heavy atom. The van der Waals surface area contributed by atoms with Crippen LogP contribution in [-0.2, 0) is 15.9 Å². The average molecular weight is 513 g/mol. The van der Waals surface area contributed by atoms with E-state index in [1.807, 2.05) is 18.7 Å². The lowest BCUT2D eigenvalue weighted by molar-refractivity contribution is 0.0271. The van der Waals surface area contributed by atoms with E-state index in [9.17, 15) is 14.4 Å². The molecule has 0 saturated carbocycles. The van der Waals surface area contributed by atoms with Gasteiger partial charge in [0.25, 0.3) is 11.8 Å². The Labute approximate surface area is 206 Å². The van der Waals surface area contributed by atoms with E-state index in [0.29, 0.717) is 43.4 Å². The fourth-order valence-electron chi connectivity index (χ4n) is 3.66. The first-order valence-corrected chi connectivity index (χ1v) is 12.3. The Balaban J connectivity index is 1.77. The third-order valence-corrected chi connectivity index (χ3v) is 6.75. The predicted molar refractivity (Wildman–Crippen MR) is 128 cm³/mol. The number of imidazole rings is 1. The molecule has 13 heteroatoms. The number of hydrogen-bond acceptors (Lipinski definition) is 9. The molecule has 1 aliphatic rings. The van der Waals surface area contributed by atoms with E-state index in [1.165, 1.54) is 7.05 Å². The van der Waals surface area contributed by atoms with Crippen LogP contribution in [0, 0.1) is 0 Å². The number of esters is 1. The van der Waals surface area contributed by atoms with Gasteiger partial charge in [-0.2, -0.15) is 0 Å². The zero-order valence-corrected chi connectivity index (χ0v) is 21.1. The van der Waals surface area contributed by atoms with E-state index < -0.39 is 11.9 Å². The van der Waals surface area contributed by atoms with E-state index in [0.717, 1.165) is 11.3 Å². The molecule has 3 rings (SSSR count). The highest BCUT2D eigenvalue weighted by molar-refractivity contribution is 7.17. The molecule has 11 nitrogen and oxygen atoms in total. The first-order chi connectivity index (χ1) is 16.3. The van der Waals surface area contributed by atoms with Crippen LogP contribution in [0.4, 0.5) is 5.13 Å². The molecule has 186 valence electrons. The smallest absolute Gasteiger partial charge is 0.350 e. The van der Waals surface area contributed by atoms with Crippen LogP contribution in [0.25, 0.3) is 0 Å². The Kier molecular flexibility index (Phi) is 8.86. The summed E-state index contributed by atoms with van der Waals surface area (Å²) in [5, 5.41) is 6.30. The summed E-state index contributed by atoms with van der Waals surface area (Å²) < 4.78 is 11.0. The normalized spacial score (nSPS) is 18.0. The average Bonchev–Trinajstić information content (AvgIpc) is 3.44. The van der Waals surface area contributed by atoms with Crippen molar-refractivity contribution < 1.29 is 23.9 Å². The van der Waals surface area contributed by atoms with Gasteiger partial charge in [0.05, 0.1) is 24.4 Å². The summed E-state index contributed by atoms with van der Waals surface area (Å²) in [5.41, 5.74) is 0.738. The number of aromatic amines is 1. The molecule has 0 aliphatic carbocycles. The van der Waals surface area contributed by atoms with Gasteiger partial charge in [-0.15, -0.1) is 0 Å². The van der Waals surface area contributed by atoms with Gasteiger partial charge in [0, 0.05) is 26.7 Å². The quantitative estimate of drug-likeness (QED) is 0.434. The third kappa shape index (κ3) is 5.68. The highest BCUT2D eigenvalue weighted by Crippen LogP contribution is 2.30. The molecule has 34 heavy (non-hydrogen) atoms. The van der Waals surface area contributed by atoms with Gasteiger partial charge in [0.1, 0.15) is 4.88 Å². The SMILES string of the molecule is CCOC(=O)c1sc(N2CC[C@H](NC(=O)c3nc(Cl)c(CC)[nH]3)[C@H](OCC)C2)nc1C(=O)NC. The summed E-state index contributed by atoms with van der Waals surface area (Å²) in [5.74, 6) is -1.24. The van der Waals surface area contributed by atoms with Gasteiger partial charge < -0.3 is 30.0 Å². The minimum absolute atomic E-state index is 0.0331. The molecule has 1 aliphatic heterocycles. The van der Waals surface area contributed by atoms with Crippen molar-refractivity contribution >= 4 is 45.9 Å². The summed E-state index contributed by atoms with van der Waals surface area (Å²) in [7, 11) is 1.48. The van der Waals surface area contributed by atoms with Crippen molar-refractivity contribution in [3.63, 3.8) is 0 Å². The number of anilines is 1. The van der Waals surface area contributed by atoms with Crippen molar-refractivity contribution in [2.75, 3.05) is 38.3 Å². The van der Waals surface area contributed by atoms with Crippen molar-refractivity contribution in [1.29, 1.82) is 0 Å². The van der Waals surface area contributed by atoms with Gasteiger partial charge in [0.15, 0.2) is 21.8 Å². The molecule has 2 atom stereocenters. The minimum Gasteiger partial charge on any atom is -0.462 e. The summed E-state index contributed by atoms with van der Waals surface area (Å²) in [6.07, 6.45) is 0.866.